The van der Waals surface area contributed by atoms with Gasteiger partial charge in [0.05, 0.1) is 30.4 Å². The third kappa shape index (κ3) is 2.71. The first-order chi connectivity index (χ1) is 10.7. The van der Waals surface area contributed by atoms with Crippen molar-refractivity contribution in [2.24, 2.45) is 0 Å². The van der Waals surface area contributed by atoms with E-state index in [1.165, 1.54) is 0 Å². The topological polar surface area (TPSA) is 70.8 Å². The van der Waals surface area contributed by atoms with Gasteiger partial charge >= 0.3 is 0 Å². The molecule has 0 aliphatic heterocycles. The van der Waals surface area contributed by atoms with Crippen LogP contribution < -0.4 is 10.1 Å². The van der Waals surface area contributed by atoms with Gasteiger partial charge in [0.2, 0.25) is 0 Å². The number of thiazole rings is 1. The van der Waals surface area contributed by atoms with Gasteiger partial charge in [0.15, 0.2) is 0 Å². The molecule has 0 saturated heterocycles. The van der Waals surface area contributed by atoms with Crippen molar-refractivity contribution in [2.45, 2.75) is 13.5 Å². The van der Waals surface area contributed by atoms with Gasteiger partial charge in [-0.1, -0.05) is 0 Å². The Hall–Kier alpha value is -2.65. The summed E-state index contributed by atoms with van der Waals surface area (Å²) >= 11 is 1.60. The third-order valence-electron chi connectivity index (χ3n) is 3.28. The van der Waals surface area contributed by atoms with Crippen molar-refractivity contribution in [3.8, 4) is 11.8 Å². The third-order valence-corrected chi connectivity index (χ3v) is 4.25. The average molecular weight is 310 g/mol. The molecule has 6 heteroatoms. The smallest absolute Gasteiger partial charge is 0.119 e. The summed E-state index contributed by atoms with van der Waals surface area (Å²) < 4.78 is 5.27. The summed E-state index contributed by atoms with van der Waals surface area (Å²) in [6.45, 7) is 2.54. The zero-order valence-corrected chi connectivity index (χ0v) is 13.1. The monoisotopic (exact) mass is 310 g/mol. The van der Waals surface area contributed by atoms with Gasteiger partial charge in [0.25, 0.3) is 0 Å². The highest BCUT2D eigenvalue weighted by Gasteiger charge is 2.10. The highest BCUT2D eigenvalue weighted by Crippen LogP contribution is 2.29. The molecule has 0 bridgehead atoms. The van der Waals surface area contributed by atoms with Gasteiger partial charge in [0.1, 0.15) is 16.8 Å². The molecular formula is C16H14N4OS. The van der Waals surface area contributed by atoms with Gasteiger partial charge in [-0.25, -0.2) is 4.98 Å². The van der Waals surface area contributed by atoms with Crippen LogP contribution >= 0.6 is 11.3 Å². The highest BCUT2D eigenvalue weighted by molar-refractivity contribution is 7.09. The van der Waals surface area contributed by atoms with E-state index in [0.717, 1.165) is 33.0 Å². The molecule has 0 amide bonds. The second-order valence-electron chi connectivity index (χ2n) is 4.78. The lowest BCUT2D eigenvalue weighted by Crippen LogP contribution is -2.03. The first-order valence-electron chi connectivity index (χ1n) is 6.73. The van der Waals surface area contributed by atoms with Crippen molar-refractivity contribution in [3.63, 3.8) is 0 Å². The molecule has 22 heavy (non-hydrogen) atoms. The molecule has 3 aromatic rings. The summed E-state index contributed by atoms with van der Waals surface area (Å²) in [4.78, 5) is 8.74. The van der Waals surface area contributed by atoms with Gasteiger partial charge in [-0.05, 0) is 25.1 Å². The standard InChI is InChI=1S/C16H14N4OS/c1-10-9-22-15(20-10)8-19-16-11(6-17)7-18-14-4-3-12(21-2)5-13(14)16/h3-5,7,9H,8H2,1-2H3,(H,18,19). The number of aryl methyl sites for hydroxylation is 1. The Labute approximate surface area is 132 Å². The van der Waals surface area contributed by atoms with Crippen LogP contribution in [0.15, 0.2) is 29.8 Å². The Balaban J connectivity index is 2.03. The summed E-state index contributed by atoms with van der Waals surface area (Å²) in [5, 5.41) is 16.5. The number of fused-ring (bicyclic) bond motifs is 1. The average Bonchev–Trinajstić information content (AvgIpc) is 2.97. The first-order valence-corrected chi connectivity index (χ1v) is 7.61. The van der Waals surface area contributed by atoms with Crippen molar-refractivity contribution < 1.29 is 4.74 Å². The van der Waals surface area contributed by atoms with Crippen molar-refractivity contribution in [2.75, 3.05) is 12.4 Å². The quantitative estimate of drug-likeness (QED) is 0.798. The molecule has 0 saturated carbocycles. The van der Waals surface area contributed by atoms with Crippen LogP contribution in [0.5, 0.6) is 5.75 Å². The van der Waals surface area contributed by atoms with Gasteiger partial charge in [-0.15, -0.1) is 11.3 Å². The van der Waals surface area contributed by atoms with Crippen molar-refractivity contribution in [3.05, 3.63) is 46.0 Å². The lowest BCUT2D eigenvalue weighted by molar-refractivity contribution is 0.415. The van der Waals surface area contributed by atoms with E-state index in [1.54, 1.807) is 24.6 Å². The second kappa shape index (κ2) is 6.00. The molecule has 0 unspecified atom stereocenters. The number of aromatic nitrogens is 2. The maximum Gasteiger partial charge on any atom is 0.119 e. The van der Waals surface area contributed by atoms with Crippen LogP contribution in [-0.4, -0.2) is 17.1 Å². The summed E-state index contributed by atoms with van der Waals surface area (Å²) in [5.41, 5.74) is 3.09. The molecule has 2 aromatic heterocycles. The number of hydrogen-bond acceptors (Lipinski definition) is 6. The number of anilines is 1. The van der Waals surface area contributed by atoms with E-state index in [-0.39, 0.29) is 0 Å². The van der Waals surface area contributed by atoms with E-state index >= 15 is 0 Å². The fraction of sp³-hybridized carbons (Fsp3) is 0.188. The van der Waals surface area contributed by atoms with Crippen LogP contribution in [0, 0.1) is 18.3 Å². The Morgan fingerprint density at radius 2 is 2.27 bits per heavy atom. The minimum absolute atomic E-state index is 0.508. The van der Waals surface area contributed by atoms with Crippen LogP contribution in [0.2, 0.25) is 0 Å². The predicted octanol–water partition coefficient (Wildman–Crippen LogP) is 3.49. The second-order valence-corrected chi connectivity index (χ2v) is 5.72. The SMILES string of the molecule is COc1ccc2ncc(C#N)c(NCc3nc(C)cs3)c2c1. The lowest BCUT2D eigenvalue weighted by atomic mass is 10.1. The zero-order valence-electron chi connectivity index (χ0n) is 12.3. The van der Waals surface area contributed by atoms with E-state index in [9.17, 15) is 5.26 Å². The van der Waals surface area contributed by atoms with Gasteiger partial charge in [0, 0.05) is 22.7 Å². The van der Waals surface area contributed by atoms with Crippen LogP contribution in [0.1, 0.15) is 16.3 Å². The lowest BCUT2D eigenvalue weighted by Gasteiger charge is -2.11. The molecule has 5 nitrogen and oxygen atoms in total. The molecule has 3 rings (SSSR count). The maximum atomic E-state index is 9.33. The molecule has 0 aliphatic carbocycles. The molecule has 110 valence electrons. The van der Waals surface area contributed by atoms with Crippen LogP contribution in [0.3, 0.4) is 0 Å². The molecule has 0 spiro atoms. The van der Waals surface area contributed by atoms with Gasteiger partial charge < -0.3 is 10.1 Å². The predicted molar refractivity (Wildman–Crippen MR) is 87.2 cm³/mol. The Morgan fingerprint density at radius 1 is 1.41 bits per heavy atom. The van der Waals surface area contributed by atoms with Gasteiger partial charge in [-0.3, -0.25) is 4.98 Å². The number of methoxy groups -OCH3 is 1. The van der Waals surface area contributed by atoms with Crippen LogP contribution in [0.25, 0.3) is 10.9 Å². The summed E-state index contributed by atoms with van der Waals surface area (Å²) in [6, 6.07) is 7.81. The number of nitriles is 1. The minimum atomic E-state index is 0.508. The Kier molecular flexibility index (Phi) is 3.90. The van der Waals surface area contributed by atoms with E-state index in [2.05, 4.69) is 21.4 Å². The molecule has 0 aliphatic rings. The van der Waals surface area contributed by atoms with Crippen molar-refractivity contribution >= 4 is 27.9 Å². The van der Waals surface area contributed by atoms with E-state index < -0.39 is 0 Å². The molecule has 1 aromatic carbocycles. The fourth-order valence-corrected chi connectivity index (χ4v) is 2.93. The number of hydrogen-bond donors (Lipinski definition) is 1. The summed E-state index contributed by atoms with van der Waals surface area (Å²) in [5.74, 6) is 0.734. The minimum Gasteiger partial charge on any atom is -0.497 e. The maximum absolute atomic E-state index is 9.33. The number of nitrogens with zero attached hydrogens (tertiary/aromatic N) is 3. The number of pyridine rings is 1. The molecule has 0 radical (unpaired) electrons. The molecule has 2 heterocycles. The largest absolute Gasteiger partial charge is 0.497 e. The molecule has 0 atom stereocenters. The summed E-state index contributed by atoms with van der Waals surface area (Å²) in [7, 11) is 1.62. The number of nitrogens with one attached hydrogen (secondary N) is 1. The van der Waals surface area contributed by atoms with E-state index in [1.807, 2.05) is 30.5 Å². The highest BCUT2D eigenvalue weighted by atomic mass is 32.1. The Bertz CT molecular complexity index is 866. The first kappa shape index (κ1) is 14.3. The molecule has 0 fully saturated rings. The van der Waals surface area contributed by atoms with Crippen LogP contribution in [-0.2, 0) is 6.54 Å². The number of benzene rings is 1. The van der Waals surface area contributed by atoms with Crippen molar-refractivity contribution in [1.82, 2.24) is 9.97 Å². The molecule has 1 N–H and O–H groups in total. The van der Waals surface area contributed by atoms with Gasteiger partial charge in [-0.2, -0.15) is 5.26 Å². The summed E-state index contributed by atoms with van der Waals surface area (Å²) in [6.07, 6.45) is 1.59. The van der Waals surface area contributed by atoms with E-state index in [0.29, 0.717) is 12.1 Å². The van der Waals surface area contributed by atoms with Crippen LogP contribution in [0.4, 0.5) is 5.69 Å². The van der Waals surface area contributed by atoms with E-state index in [4.69, 9.17) is 4.74 Å². The normalized spacial score (nSPS) is 10.4. The number of rotatable bonds is 4. The Morgan fingerprint density at radius 3 is 2.95 bits per heavy atom. The fourth-order valence-electron chi connectivity index (χ4n) is 2.22. The number of ether oxygens (including phenoxy) is 1. The van der Waals surface area contributed by atoms with Crippen molar-refractivity contribution in [1.29, 1.82) is 5.26 Å². The zero-order chi connectivity index (χ0) is 15.5. The molecular weight excluding hydrogens is 296 g/mol.